The van der Waals surface area contributed by atoms with Gasteiger partial charge in [-0.15, -0.1) is 0 Å². The molecule has 2 fully saturated rings. The number of aromatic amines is 1. The Morgan fingerprint density at radius 3 is 2.61 bits per heavy atom. The summed E-state index contributed by atoms with van der Waals surface area (Å²) in [4.78, 5) is 26.8. The predicted octanol–water partition coefficient (Wildman–Crippen LogP) is 4.74. The smallest absolute Gasteiger partial charge is 0.276 e. The summed E-state index contributed by atoms with van der Waals surface area (Å²) in [5.41, 5.74) is 4.90. The van der Waals surface area contributed by atoms with Crippen molar-refractivity contribution in [1.82, 2.24) is 25.1 Å². The van der Waals surface area contributed by atoms with Gasteiger partial charge >= 0.3 is 0 Å². The summed E-state index contributed by atoms with van der Waals surface area (Å²) in [5, 5.41) is 11.0. The molecule has 9 nitrogen and oxygen atoms in total. The van der Waals surface area contributed by atoms with Crippen molar-refractivity contribution in [3.8, 4) is 17.0 Å². The van der Waals surface area contributed by atoms with Crippen molar-refractivity contribution in [1.29, 1.82) is 0 Å². The number of rotatable bonds is 6. The van der Waals surface area contributed by atoms with Gasteiger partial charge in [0, 0.05) is 49.4 Å². The molecule has 0 unspecified atom stereocenters. The highest BCUT2D eigenvalue weighted by Gasteiger charge is 2.19. The van der Waals surface area contributed by atoms with Gasteiger partial charge in [0.2, 0.25) is 5.88 Å². The van der Waals surface area contributed by atoms with Gasteiger partial charge in [-0.3, -0.25) is 14.9 Å². The number of hydrogen-bond donors (Lipinski definition) is 2. The highest BCUT2D eigenvalue weighted by atomic mass is 16.5. The van der Waals surface area contributed by atoms with Gasteiger partial charge in [0.1, 0.15) is 6.10 Å². The maximum absolute atomic E-state index is 13.2. The first kappa shape index (κ1) is 24.4. The molecule has 2 N–H and O–H groups in total. The number of ether oxygens (including phenoxy) is 1. The summed E-state index contributed by atoms with van der Waals surface area (Å²) in [5.74, 6) is 0.284. The fourth-order valence-corrected chi connectivity index (χ4v) is 5.27. The van der Waals surface area contributed by atoms with E-state index >= 15 is 0 Å². The first-order valence-corrected chi connectivity index (χ1v) is 13.4. The number of hydrogen-bond acceptors (Lipinski definition) is 7. The number of H-pyrrole nitrogens is 1. The van der Waals surface area contributed by atoms with E-state index in [-0.39, 0.29) is 12.0 Å². The van der Waals surface area contributed by atoms with Crippen molar-refractivity contribution in [2.45, 2.75) is 38.2 Å². The monoisotopic (exact) mass is 511 g/mol. The Labute approximate surface area is 222 Å². The van der Waals surface area contributed by atoms with Crippen LogP contribution in [0.3, 0.4) is 0 Å². The molecule has 0 spiro atoms. The number of carbonyl (C=O) groups excluding carboxylic acids is 1. The molecular formula is C29H33N7O2. The fraction of sp³-hybridized carbons (Fsp3) is 0.379. The van der Waals surface area contributed by atoms with Crippen LogP contribution in [0.5, 0.6) is 5.88 Å². The molecule has 0 atom stereocenters. The highest BCUT2D eigenvalue weighted by Crippen LogP contribution is 2.29. The van der Waals surface area contributed by atoms with Gasteiger partial charge in [0.25, 0.3) is 5.91 Å². The highest BCUT2D eigenvalue weighted by molar-refractivity contribution is 6.11. The van der Waals surface area contributed by atoms with Crippen LogP contribution in [-0.4, -0.2) is 70.3 Å². The SMILES string of the molecule is CN1CCC(Oc2ccc(NC(=O)c3n[nH]c4ccc(-c5cncc(N6CCCCC6)c5)cc34)cn2)CC1. The van der Waals surface area contributed by atoms with Crippen LogP contribution in [0.1, 0.15) is 42.6 Å². The lowest BCUT2D eigenvalue weighted by atomic mass is 10.0. The van der Waals surface area contributed by atoms with Crippen LogP contribution < -0.4 is 15.0 Å². The molecule has 1 amide bonds. The maximum Gasteiger partial charge on any atom is 0.276 e. The summed E-state index contributed by atoms with van der Waals surface area (Å²) in [6.45, 7) is 4.18. The zero-order valence-electron chi connectivity index (χ0n) is 21.7. The number of pyridine rings is 2. The number of benzene rings is 1. The number of piperidine rings is 2. The standard InChI is InChI=1S/C29H33N7O2/c1-35-13-9-24(10-14-35)38-27-8-6-22(18-31-27)32-29(37)28-25-16-20(5-7-26(25)33-34-28)21-15-23(19-30-17-21)36-11-3-2-4-12-36/h5-8,15-19,24H,2-4,9-14H2,1H3,(H,32,37)(H,33,34). The zero-order valence-corrected chi connectivity index (χ0v) is 21.7. The number of carbonyl (C=O) groups is 1. The molecule has 9 heteroatoms. The van der Waals surface area contributed by atoms with Crippen molar-refractivity contribution in [3.63, 3.8) is 0 Å². The second kappa shape index (κ2) is 10.8. The Morgan fingerprint density at radius 1 is 0.974 bits per heavy atom. The normalized spacial score (nSPS) is 17.0. The van der Waals surface area contributed by atoms with E-state index in [1.807, 2.05) is 36.7 Å². The van der Waals surface area contributed by atoms with Crippen molar-refractivity contribution >= 4 is 28.2 Å². The largest absolute Gasteiger partial charge is 0.474 e. The van der Waals surface area contributed by atoms with Gasteiger partial charge < -0.3 is 19.9 Å². The number of fused-ring (bicyclic) bond motifs is 1. The van der Waals surface area contributed by atoms with Gasteiger partial charge in [-0.2, -0.15) is 5.10 Å². The van der Waals surface area contributed by atoms with E-state index in [0.29, 0.717) is 17.3 Å². The third-order valence-electron chi connectivity index (χ3n) is 7.50. The van der Waals surface area contributed by atoms with Gasteiger partial charge in [-0.1, -0.05) is 6.07 Å². The molecule has 4 aromatic rings. The number of nitrogens with zero attached hydrogens (tertiary/aromatic N) is 5. The lowest BCUT2D eigenvalue weighted by Crippen LogP contribution is -2.35. The predicted molar refractivity (Wildman–Crippen MR) is 149 cm³/mol. The van der Waals surface area contributed by atoms with Gasteiger partial charge in [0.15, 0.2) is 5.69 Å². The third-order valence-corrected chi connectivity index (χ3v) is 7.50. The van der Waals surface area contributed by atoms with Crippen LogP contribution in [0, 0.1) is 0 Å². The summed E-state index contributed by atoms with van der Waals surface area (Å²) >= 11 is 0. The van der Waals surface area contributed by atoms with E-state index in [0.717, 1.165) is 66.7 Å². The Kier molecular flexibility index (Phi) is 6.92. The van der Waals surface area contributed by atoms with E-state index in [1.165, 1.54) is 19.3 Å². The third kappa shape index (κ3) is 5.33. The van der Waals surface area contributed by atoms with Crippen molar-refractivity contribution in [3.05, 3.63) is 60.7 Å². The molecule has 0 aliphatic carbocycles. The molecule has 5 heterocycles. The van der Waals surface area contributed by atoms with E-state index in [9.17, 15) is 4.79 Å². The molecule has 3 aromatic heterocycles. The minimum Gasteiger partial charge on any atom is -0.474 e. The lowest BCUT2D eigenvalue weighted by molar-refractivity contribution is 0.102. The first-order valence-electron chi connectivity index (χ1n) is 13.4. The number of likely N-dealkylation sites (tertiary alicyclic amines) is 1. The van der Waals surface area contributed by atoms with Gasteiger partial charge in [0.05, 0.1) is 29.3 Å². The number of aromatic nitrogens is 4. The number of anilines is 2. The van der Waals surface area contributed by atoms with E-state index in [1.54, 1.807) is 12.3 Å². The summed E-state index contributed by atoms with van der Waals surface area (Å²) in [6, 6.07) is 11.8. The molecule has 38 heavy (non-hydrogen) atoms. The van der Waals surface area contributed by atoms with Crippen LogP contribution in [0.15, 0.2) is 55.0 Å². The second-order valence-corrected chi connectivity index (χ2v) is 10.3. The Balaban J connectivity index is 1.16. The van der Waals surface area contributed by atoms with Crippen LogP contribution in [0.4, 0.5) is 11.4 Å². The molecule has 0 radical (unpaired) electrons. The number of nitrogens with one attached hydrogen (secondary N) is 2. The minimum absolute atomic E-state index is 0.180. The van der Waals surface area contributed by atoms with Gasteiger partial charge in [-0.25, -0.2) is 4.98 Å². The fourth-order valence-electron chi connectivity index (χ4n) is 5.27. The van der Waals surface area contributed by atoms with Crippen LogP contribution in [0.25, 0.3) is 22.0 Å². The van der Waals surface area contributed by atoms with E-state index < -0.39 is 0 Å². The Bertz CT molecular complexity index is 1400. The minimum atomic E-state index is -0.292. The number of amides is 1. The molecule has 6 rings (SSSR count). The zero-order chi connectivity index (χ0) is 25.9. The molecule has 1 aromatic carbocycles. The maximum atomic E-state index is 13.2. The molecule has 2 aliphatic rings. The molecule has 0 bridgehead atoms. The average Bonchev–Trinajstić information content (AvgIpc) is 3.39. The Morgan fingerprint density at radius 2 is 1.82 bits per heavy atom. The molecule has 0 saturated carbocycles. The van der Waals surface area contributed by atoms with Crippen LogP contribution in [-0.2, 0) is 0 Å². The Hall–Kier alpha value is -3.98. The summed E-state index contributed by atoms with van der Waals surface area (Å²) in [6.07, 6.45) is 11.3. The van der Waals surface area contributed by atoms with Crippen molar-refractivity contribution < 1.29 is 9.53 Å². The first-order chi connectivity index (χ1) is 18.6. The van der Waals surface area contributed by atoms with E-state index in [2.05, 4.69) is 48.4 Å². The van der Waals surface area contributed by atoms with Crippen LogP contribution in [0.2, 0.25) is 0 Å². The topological polar surface area (TPSA) is 99.3 Å². The summed E-state index contributed by atoms with van der Waals surface area (Å²) < 4.78 is 6.02. The van der Waals surface area contributed by atoms with E-state index in [4.69, 9.17) is 4.74 Å². The second-order valence-electron chi connectivity index (χ2n) is 10.3. The van der Waals surface area contributed by atoms with Crippen molar-refractivity contribution in [2.75, 3.05) is 43.4 Å². The van der Waals surface area contributed by atoms with Crippen LogP contribution >= 0.6 is 0 Å². The van der Waals surface area contributed by atoms with Gasteiger partial charge in [-0.05, 0) is 69.0 Å². The molecule has 2 saturated heterocycles. The molecular weight excluding hydrogens is 478 g/mol. The average molecular weight is 512 g/mol. The molecule has 196 valence electrons. The molecule has 2 aliphatic heterocycles. The lowest BCUT2D eigenvalue weighted by Gasteiger charge is -2.28. The summed E-state index contributed by atoms with van der Waals surface area (Å²) in [7, 11) is 2.13. The quantitative estimate of drug-likeness (QED) is 0.386. The van der Waals surface area contributed by atoms with Crippen molar-refractivity contribution in [2.24, 2.45) is 0 Å².